The first-order valence-corrected chi connectivity index (χ1v) is 7.88. The average molecular weight is 371 g/mol. The van der Waals surface area contributed by atoms with Crippen LogP contribution in [0, 0.1) is 5.92 Å². The van der Waals surface area contributed by atoms with E-state index < -0.39 is 24.9 Å². The van der Waals surface area contributed by atoms with Crippen molar-refractivity contribution in [2.45, 2.75) is 38.5 Å². The molecule has 0 fully saturated rings. The molecule has 10 heteroatoms. The van der Waals surface area contributed by atoms with Crippen LogP contribution in [0.4, 0.5) is 37.8 Å². The number of unbranched alkanes of at least 4 members (excludes halogenated alkanes) is 1. The zero-order valence-electron chi connectivity index (χ0n) is 13.5. The highest BCUT2D eigenvalue weighted by Crippen LogP contribution is 2.39. The molecule has 0 aromatic carbocycles. The summed E-state index contributed by atoms with van der Waals surface area (Å²) in [4.78, 5) is 3.97. The Labute approximate surface area is 141 Å². The van der Waals surface area contributed by atoms with E-state index in [0.29, 0.717) is 12.2 Å². The first-order valence-electron chi connectivity index (χ1n) is 7.88. The lowest BCUT2D eigenvalue weighted by molar-refractivity contribution is -0.170. The molecular weight excluding hydrogens is 352 g/mol. The van der Waals surface area contributed by atoms with Crippen molar-refractivity contribution in [3.05, 3.63) is 11.6 Å². The molecular formula is C15H19F6N3O. The van der Waals surface area contributed by atoms with Gasteiger partial charge in [-0.2, -0.15) is 31.3 Å². The molecule has 0 saturated carbocycles. The van der Waals surface area contributed by atoms with Crippen LogP contribution in [0.15, 0.2) is 6.07 Å². The smallest absolute Gasteiger partial charge is 0.422 e. The predicted molar refractivity (Wildman–Crippen MR) is 80.9 cm³/mol. The molecule has 0 amide bonds. The van der Waals surface area contributed by atoms with Crippen molar-refractivity contribution in [3.63, 3.8) is 0 Å². The lowest BCUT2D eigenvalue weighted by Crippen LogP contribution is -2.35. The minimum atomic E-state index is -4.56. The maximum absolute atomic E-state index is 12.9. The second-order valence-electron chi connectivity index (χ2n) is 5.85. The van der Waals surface area contributed by atoms with Gasteiger partial charge < -0.3 is 15.4 Å². The van der Waals surface area contributed by atoms with Crippen molar-refractivity contribution in [2.24, 2.45) is 5.92 Å². The molecule has 142 valence electrons. The first kappa shape index (κ1) is 19.5. The molecule has 1 aliphatic heterocycles. The summed E-state index contributed by atoms with van der Waals surface area (Å²) in [7, 11) is 0. The fraction of sp³-hybridized carbons (Fsp3) is 0.667. The number of aromatic nitrogens is 1. The Balaban J connectivity index is 2.26. The summed E-state index contributed by atoms with van der Waals surface area (Å²) in [6.07, 6.45) is -7.62. The molecule has 0 spiro atoms. The van der Waals surface area contributed by atoms with Gasteiger partial charge in [-0.1, -0.05) is 13.3 Å². The Morgan fingerprint density at radius 2 is 2.00 bits per heavy atom. The van der Waals surface area contributed by atoms with Gasteiger partial charge >= 0.3 is 12.4 Å². The fourth-order valence-electron chi connectivity index (χ4n) is 2.47. The van der Waals surface area contributed by atoms with Gasteiger partial charge in [-0.25, -0.2) is 0 Å². The van der Waals surface area contributed by atoms with E-state index in [1.54, 1.807) is 0 Å². The van der Waals surface area contributed by atoms with Gasteiger partial charge in [0, 0.05) is 19.2 Å². The molecule has 0 bridgehead atoms. The molecule has 1 atom stereocenters. The Morgan fingerprint density at radius 3 is 2.60 bits per heavy atom. The van der Waals surface area contributed by atoms with Crippen molar-refractivity contribution in [1.82, 2.24) is 4.98 Å². The van der Waals surface area contributed by atoms with Crippen LogP contribution >= 0.6 is 0 Å². The van der Waals surface area contributed by atoms with Gasteiger partial charge in [-0.3, -0.25) is 0 Å². The molecule has 0 aliphatic carbocycles. The molecule has 2 N–H and O–H groups in total. The van der Waals surface area contributed by atoms with E-state index in [9.17, 15) is 26.3 Å². The SMILES string of the molecule is CCCCNc1nc(OCC(F)(F)F)cc2c1NCC(C(F)(F)F)C2. The van der Waals surface area contributed by atoms with Gasteiger partial charge in [-0.15, -0.1) is 0 Å². The third-order valence-electron chi connectivity index (χ3n) is 3.74. The van der Waals surface area contributed by atoms with E-state index in [-0.39, 0.29) is 30.2 Å². The van der Waals surface area contributed by atoms with Crippen LogP contribution in [0.1, 0.15) is 25.3 Å². The number of rotatable bonds is 6. The molecule has 1 aromatic heterocycles. The highest BCUT2D eigenvalue weighted by atomic mass is 19.4. The van der Waals surface area contributed by atoms with E-state index in [1.807, 2.05) is 6.92 Å². The molecule has 25 heavy (non-hydrogen) atoms. The van der Waals surface area contributed by atoms with Crippen molar-refractivity contribution < 1.29 is 31.1 Å². The highest BCUT2D eigenvalue weighted by molar-refractivity contribution is 5.71. The van der Waals surface area contributed by atoms with E-state index in [1.165, 1.54) is 0 Å². The van der Waals surface area contributed by atoms with Crippen molar-refractivity contribution in [1.29, 1.82) is 0 Å². The van der Waals surface area contributed by atoms with Crippen LogP contribution in [0.5, 0.6) is 5.88 Å². The number of pyridine rings is 1. The fourth-order valence-corrected chi connectivity index (χ4v) is 2.47. The summed E-state index contributed by atoms with van der Waals surface area (Å²) < 4.78 is 80.4. The summed E-state index contributed by atoms with van der Waals surface area (Å²) in [5.41, 5.74) is 0.621. The maximum atomic E-state index is 12.9. The van der Waals surface area contributed by atoms with Crippen LogP contribution in [0.25, 0.3) is 0 Å². The van der Waals surface area contributed by atoms with E-state index in [4.69, 9.17) is 0 Å². The van der Waals surface area contributed by atoms with E-state index in [0.717, 1.165) is 18.9 Å². The van der Waals surface area contributed by atoms with Crippen LogP contribution < -0.4 is 15.4 Å². The van der Waals surface area contributed by atoms with Crippen molar-refractivity contribution >= 4 is 11.5 Å². The minimum absolute atomic E-state index is 0.212. The molecule has 0 radical (unpaired) electrons. The second-order valence-corrected chi connectivity index (χ2v) is 5.85. The first-order chi connectivity index (χ1) is 11.6. The van der Waals surface area contributed by atoms with Crippen molar-refractivity contribution in [3.8, 4) is 5.88 Å². The van der Waals surface area contributed by atoms with Crippen LogP contribution in [0.3, 0.4) is 0 Å². The van der Waals surface area contributed by atoms with Gasteiger partial charge in [0.2, 0.25) is 5.88 Å². The van der Waals surface area contributed by atoms with Gasteiger partial charge in [0.15, 0.2) is 12.4 Å². The molecule has 2 heterocycles. The highest BCUT2D eigenvalue weighted by Gasteiger charge is 2.42. The molecule has 0 saturated heterocycles. The number of fused-ring (bicyclic) bond motifs is 1. The Bertz CT molecular complexity index is 588. The second kappa shape index (κ2) is 7.57. The normalized spacial score (nSPS) is 17.6. The van der Waals surface area contributed by atoms with E-state index >= 15 is 0 Å². The number of nitrogens with zero attached hydrogens (tertiary/aromatic N) is 1. The molecule has 1 aliphatic rings. The Morgan fingerprint density at radius 1 is 1.28 bits per heavy atom. The summed E-state index contributed by atoms with van der Waals surface area (Å²) in [5.74, 6) is -1.75. The zero-order valence-corrected chi connectivity index (χ0v) is 13.5. The predicted octanol–water partition coefficient (Wildman–Crippen LogP) is 4.38. The minimum Gasteiger partial charge on any atom is -0.468 e. The maximum Gasteiger partial charge on any atom is 0.422 e. The number of alkyl halides is 6. The van der Waals surface area contributed by atoms with Gasteiger partial charge in [0.25, 0.3) is 0 Å². The number of hydrogen-bond acceptors (Lipinski definition) is 4. The summed E-state index contributed by atoms with van der Waals surface area (Å²) in [5, 5.41) is 5.64. The van der Waals surface area contributed by atoms with Crippen molar-refractivity contribution in [2.75, 3.05) is 30.3 Å². The third-order valence-corrected chi connectivity index (χ3v) is 3.74. The molecule has 2 rings (SSSR count). The van der Waals surface area contributed by atoms with Gasteiger partial charge in [0.05, 0.1) is 11.6 Å². The molecule has 1 aromatic rings. The Hall–Kier alpha value is -1.87. The Kier molecular flexibility index (Phi) is 5.89. The summed E-state index contributed by atoms with van der Waals surface area (Å²) in [6.45, 7) is 0.607. The number of ether oxygens (including phenoxy) is 1. The lowest BCUT2D eigenvalue weighted by atomic mass is 9.94. The number of anilines is 2. The summed E-state index contributed by atoms with van der Waals surface area (Å²) in [6, 6.07) is 1.14. The van der Waals surface area contributed by atoms with Gasteiger partial charge in [-0.05, 0) is 18.4 Å². The molecule has 1 unspecified atom stereocenters. The van der Waals surface area contributed by atoms with E-state index in [2.05, 4.69) is 20.4 Å². The third kappa shape index (κ3) is 5.57. The zero-order chi connectivity index (χ0) is 18.7. The van der Waals surface area contributed by atoms with Crippen LogP contribution in [0.2, 0.25) is 0 Å². The number of halogens is 6. The van der Waals surface area contributed by atoms with Crippen LogP contribution in [-0.2, 0) is 6.42 Å². The van der Waals surface area contributed by atoms with Gasteiger partial charge in [0.1, 0.15) is 0 Å². The standard InChI is InChI=1S/C15H19F6N3O/c1-2-3-4-22-13-12-9(5-10(7-23-12)15(19,20)21)6-11(24-13)25-8-14(16,17)18/h6,10,23H,2-5,7-8H2,1H3,(H,22,24). The molecule has 4 nitrogen and oxygen atoms in total. The lowest BCUT2D eigenvalue weighted by Gasteiger charge is -2.29. The summed E-state index contributed by atoms with van der Waals surface area (Å²) >= 11 is 0. The van der Waals surface area contributed by atoms with Crippen LogP contribution in [-0.4, -0.2) is 37.0 Å². The number of hydrogen-bond donors (Lipinski definition) is 2. The average Bonchev–Trinajstić information content (AvgIpc) is 2.51. The quantitative estimate of drug-likeness (QED) is 0.576. The monoisotopic (exact) mass is 371 g/mol. The topological polar surface area (TPSA) is 46.2 Å². The number of nitrogens with one attached hydrogen (secondary N) is 2. The largest absolute Gasteiger partial charge is 0.468 e.